The molecule has 17 heavy (non-hydrogen) atoms. The first kappa shape index (κ1) is 14.2. The van der Waals surface area contributed by atoms with Crippen LogP contribution in [0.5, 0.6) is 0 Å². The molecule has 0 aliphatic rings. The average Bonchev–Trinajstić information content (AvgIpc) is 2.23. The summed E-state index contributed by atoms with van der Waals surface area (Å²) in [6.45, 7) is 10.4. The van der Waals surface area contributed by atoms with Crippen molar-refractivity contribution in [1.29, 1.82) is 0 Å². The van der Waals surface area contributed by atoms with Gasteiger partial charge < -0.3 is 10.1 Å². The summed E-state index contributed by atoms with van der Waals surface area (Å²) in [6, 6.07) is 4.93. The molecule has 0 heterocycles. The molecule has 0 bridgehead atoms. The summed E-state index contributed by atoms with van der Waals surface area (Å²) in [4.78, 5) is 0. The van der Waals surface area contributed by atoms with E-state index in [1.165, 1.54) is 22.3 Å². The van der Waals surface area contributed by atoms with Crippen LogP contribution in [0.3, 0.4) is 0 Å². The molecule has 1 N–H and O–H groups in total. The number of likely N-dealkylation sites (N-methyl/N-ethyl adjacent to an activating group) is 1. The van der Waals surface area contributed by atoms with Gasteiger partial charge in [0.25, 0.3) is 0 Å². The van der Waals surface area contributed by atoms with Crippen molar-refractivity contribution in [2.45, 2.75) is 40.2 Å². The van der Waals surface area contributed by atoms with Crippen molar-refractivity contribution in [2.75, 3.05) is 20.3 Å². The van der Waals surface area contributed by atoms with Gasteiger partial charge in [-0.05, 0) is 50.4 Å². The minimum atomic E-state index is 0.408. The molecule has 0 saturated carbocycles. The highest BCUT2D eigenvalue weighted by atomic mass is 16.5. The van der Waals surface area contributed by atoms with E-state index in [1.54, 1.807) is 7.11 Å². The van der Waals surface area contributed by atoms with Crippen molar-refractivity contribution in [3.63, 3.8) is 0 Å². The third-order valence-corrected chi connectivity index (χ3v) is 3.15. The van der Waals surface area contributed by atoms with Gasteiger partial charge in [0.2, 0.25) is 0 Å². The maximum Gasteiger partial charge on any atom is 0.0619 e. The Bertz CT molecular complexity index is 331. The van der Waals surface area contributed by atoms with Crippen LogP contribution in [0, 0.1) is 20.8 Å². The molecule has 96 valence electrons. The van der Waals surface area contributed by atoms with E-state index in [1.807, 2.05) is 0 Å². The molecule has 2 nitrogen and oxygen atoms in total. The molecule has 0 spiro atoms. The predicted octanol–water partition coefficient (Wildman–Crippen LogP) is 2.78. The summed E-state index contributed by atoms with van der Waals surface area (Å²) in [7, 11) is 1.76. The Morgan fingerprint density at radius 1 is 1.18 bits per heavy atom. The second kappa shape index (κ2) is 6.77. The first-order valence-corrected chi connectivity index (χ1v) is 6.37. The minimum absolute atomic E-state index is 0.408. The molecule has 1 aromatic carbocycles. The van der Waals surface area contributed by atoms with Gasteiger partial charge in [0.05, 0.1) is 6.61 Å². The topological polar surface area (TPSA) is 21.3 Å². The third-order valence-electron chi connectivity index (χ3n) is 3.15. The number of hydrogen-bond acceptors (Lipinski definition) is 2. The molecule has 0 aliphatic carbocycles. The largest absolute Gasteiger partial charge is 0.383 e. The van der Waals surface area contributed by atoms with E-state index in [-0.39, 0.29) is 0 Å². The summed E-state index contributed by atoms with van der Waals surface area (Å²) in [5.41, 5.74) is 5.58. The van der Waals surface area contributed by atoms with Crippen LogP contribution in [-0.2, 0) is 11.2 Å². The summed E-state index contributed by atoms with van der Waals surface area (Å²) in [5.74, 6) is 0. The quantitative estimate of drug-likeness (QED) is 0.818. The smallest absolute Gasteiger partial charge is 0.0619 e. The molecule has 0 aromatic heterocycles. The number of aryl methyl sites for hydroxylation is 3. The SMILES string of the molecule is CCNC(COC)Cc1c(C)cc(C)cc1C. The summed E-state index contributed by atoms with van der Waals surface area (Å²) >= 11 is 0. The Morgan fingerprint density at radius 2 is 1.76 bits per heavy atom. The second-order valence-electron chi connectivity index (χ2n) is 4.79. The van der Waals surface area contributed by atoms with E-state index in [0.717, 1.165) is 19.6 Å². The van der Waals surface area contributed by atoms with Crippen LogP contribution < -0.4 is 5.32 Å². The van der Waals surface area contributed by atoms with Gasteiger partial charge in [-0.15, -0.1) is 0 Å². The molecule has 0 fully saturated rings. The summed E-state index contributed by atoms with van der Waals surface area (Å²) in [5, 5.41) is 3.48. The Hall–Kier alpha value is -0.860. The normalized spacial score (nSPS) is 12.8. The Balaban J connectivity index is 2.84. The second-order valence-corrected chi connectivity index (χ2v) is 4.79. The molecular weight excluding hydrogens is 210 g/mol. The summed E-state index contributed by atoms with van der Waals surface area (Å²) < 4.78 is 5.27. The van der Waals surface area contributed by atoms with Crippen molar-refractivity contribution < 1.29 is 4.74 Å². The van der Waals surface area contributed by atoms with Gasteiger partial charge in [0.1, 0.15) is 0 Å². The fourth-order valence-corrected chi connectivity index (χ4v) is 2.46. The van der Waals surface area contributed by atoms with Crippen molar-refractivity contribution >= 4 is 0 Å². The molecule has 0 amide bonds. The number of nitrogens with one attached hydrogen (secondary N) is 1. The minimum Gasteiger partial charge on any atom is -0.383 e. The number of hydrogen-bond donors (Lipinski definition) is 1. The van der Waals surface area contributed by atoms with E-state index in [0.29, 0.717) is 6.04 Å². The first-order valence-electron chi connectivity index (χ1n) is 6.37. The molecule has 0 saturated heterocycles. The van der Waals surface area contributed by atoms with Gasteiger partial charge in [0, 0.05) is 13.2 Å². The van der Waals surface area contributed by atoms with Crippen LogP contribution in [0.1, 0.15) is 29.2 Å². The lowest BCUT2D eigenvalue weighted by Gasteiger charge is -2.20. The van der Waals surface area contributed by atoms with Crippen LogP contribution in [0.25, 0.3) is 0 Å². The highest BCUT2D eigenvalue weighted by Gasteiger charge is 2.11. The summed E-state index contributed by atoms with van der Waals surface area (Å²) in [6.07, 6.45) is 1.04. The maximum absolute atomic E-state index is 5.27. The molecule has 0 aliphatic heterocycles. The number of benzene rings is 1. The van der Waals surface area contributed by atoms with E-state index >= 15 is 0 Å². The molecule has 1 aromatic rings. The average molecular weight is 235 g/mol. The van der Waals surface area contributed by atoms with E-state index in [2.05, 4.69) is 45.1 Å². The monoisotopic (exact) mass is 235 g/mol. The molecule has 1 rings (SSSR count). The van der Waals surface area contributed by atoms with Gasteiger partial charge in [-0.1, -0.05) is 24.6 Å². The van der Waals surface area contributed by atoms with Crippen molar-refractivity contribution in [2.24, 2.45) is 0 Å². The van der Waals surface area contributed by atoms with E-state index in [9.17, 15) is 0 Å². The van der Waals surface area contributed by atoms with Gasteiger partial charge in [0.15, 0.2) is 0 Å². The molecule has 1 atom stereocenters. The van der Waals surface area contributed by atoms with Gasteiger partial charge in [-0.3, -0.25) is 0 Å². The van der Waals surface area contributed by atoms with E-state index < -0.39 is 0 Å². The zero-order valence-electron chi connectivity index (χ0n) is 11.8. The number of methoxy groups -OCH3 is 1. The van der Waals surface area contributed by atoms with Crippen LogP contribution in [0.15, 0.2) is 12.1 Å². The third kappa shape index (κ3) is 4.14. The van der Waals surface area contributed by atoms with Crippen LogP contribution in [-0.4, -0.2) is 26.3 Å². The number of rotatable bonds is 6. The zero-order chi connectivity index (χ0) is 12.8. The maximum atomic E-state index is 5.27. The molecule has 2 heteroatoms. The molecule has 1 unspecified atom stereocenters. The zero-order valence-corrected chi connectivity index (χ0v) is 11.8. The number of ether oxygens (including phenoxy) is 1. The Morgan fingerprint density at radius 3 is 2.24 bits per heavy atom. The lowest BCUT2D eigenvalue weighted by molar-refractivity contribution is 0.167. The van der Waals surface area contributed by atoms with Crippen molar-refractivity contribution in [1.82, 2.24) is 5.32 Å². The van der Waals surface area contributed by atoms with Crippen LogP contribution >= 0.6 is 0 Å². The molecular formula is C15H25NO. The van der Waals surface area contributed by atoms with Gasteiger partial charge in [-0.25, -0.2) is 0 Å². The van der Waals surface area contributed by atoms with Gasteiger partial charge in [-0.2, -0.15) is 0 Å². The fourth-order valence-electron chi connectivity index (χ4n) is 2.46. The van der Waals surface area contributed by atoms with Crippen LogP contribution in [0.4, 0.5) is 0 Å². The highest BCUT2D eigenvalue weighted by molar-refractivity contribution is 5.38. The van der Waals surface area contributed by atoms with Crippen LogP contribution in [0.2, 0.25) is 0 Å². The Labute approximate surface area is 105 Å². The van der Waals surface area contributed by atoms with E-state index in [4.69, 9.17) is 4.74 Å². The fraction of sp³-hybridized carbons (Fsp3) is 0.600. The van der Waals surface area contributed by atoms with Crippen molar-refractivity contribution in [3.8, 4) is 0 Å². The highest BCUT2D eigenvalue weighted by Crippen LogP contribution is 2.18. The molecule has 0 radical (unpaired) electrons. The lowest BCUT2D eigenvalue weighted by Crippen LogP contribution is -2.35. The van der Waals surface area contributed by atoms with Gasteiger partial charge >= 0.3 is 0 Å². The Kier molecular flexibility index (Phi) is 5.66. The lowest BCUT2D eigenvalue weighted by atomic mass is 9.94. The predicted molar refractivity (Wildman–Crippen MR) is 73.7 cm³/mol. The van der Waals surface area contributed by atoms with Crippen molar-refractivity contribution in [3.05, 3.63) is 34.4 Å². The standard InChI is InChI=1S/C15H25NO/c1-6-16-14(10-17-5)9-15-12(3)7-11(2)8-13(15)4/h7-8,14,16H,6,9-10H2,1-5H3. The first-order chi connectivity index (χ1) is 8.08.